The van der Waals surface area contributed by atoms with Crippen LogP contribution in [-0.2, 0) is 0 Å². The molecule has 0 fully saturated rings. The number of nitrogen functional groups attached to an aromatic ring is 1. The van der Waals surface area contributed by atoms with Crippen LogP contribution in [0, 0.1) is 13.8 Å². The summed E-state index contributed by atoms with van der Waals surface area (Å²) in [7, 11) is 0. The lowest BCUT2D eigenvalue weighted by Gasteiger charge is -2.07. The van der Waals surface area contributed by atoms with E-state index in [0.29, 0.717) is 5.82 Å². The maximum Gasteiger partial charge on any atom is 0.172 e. The first-order valence-corrected chi connectivity index (χ1v) is 6.62. The molecule has 0 radical (unpaired) electrons. The molecule has 18 heavy (non-hydrogen) atoms. The Labute approximate surface area is 109 Å². The van der Waals surface area contributed by atoms with E-state index in [9.17, 15) is 0 Å². The van der Waals surface area contributed by atoms with E-state index in [1.165, 1.54) is 5.56 Å². The third kappa shape index (κ3) is 1.66. The lowest BCUT2D eigenvalue weighted by atomic mass is 10.1. The van der Waals surface area contributed by atoms with E-state index in [0.717, 1.165) is 27.2 Å². The van der Waals surface area contributed by atoms with E-state index in [1.807, 2.05) is 30.5 Å². The molecule has 0 aliphatic heterocycles. The molecule has 3 rings (SSSR count). The molecule has 0 aliphatic carbocycles. The minimum atomic E-state index is 0.556. The van der Waals surface area contributed by atoms with E-state index in [1.54, 1.807) is 11.3 Å². The second kappa shape index (κ2) is 4.07. The highest BCUT2D eigenvalue weighted by atomic mass is 32.1. The Morgan fingerprint density at radius 1 is 1.06 bits per heavy atom. The number of thiophene rings is 1. The zero-order valence-corrected chi connectivity index (χ0v) is 11.1. The quantitative estimate of drug-likeness (QED) is 0.723. The van der Waals surface area contributed by atoms with Crippen molar-refractivity contribution in [2.45, 2.75) is 13.8 Å². The molecule has 0 saturated heterocycles. The van der Waals surface area contributed by atoms with Gasteiger partial charge in [0.1, 0.15) is 5.82 Å². The monoisotopic (exact) mass is 255 g/mol. The van der Waals surface area contributed by atoms with Crippen molar-refractivity contribution < 1.29 is 0 Å². The smallest absolute Gasteiger partial charge is 0.172 e. The Bertz CT molecular complexity index is 731. The van der Waals surface area contributed by atoms with Crippen LogP contribution in [0.15, 0.2) is 29.6 Å². The van der Waals surface area contributed by atoms with Gasteiger partial charge in [0.2, 0.25) is 0 Å². The number of fused-ring (bicyclic) bond motifs is 1. The number of hydrogen-bond acceptors (Lipinski definition) is 4. The number of anilines is 1. The fourth-order valence-electron chi connectivity index (χ4n) is 2.09. The topological polar surface area (TPSA) is 51.8 Å². The fourth-order valence-corrected chi connectivity index (χ4v) is 2.95. The van der Waals surface area contributed by atoms with Gasteiger partial charge in [0.05, 0.1) is 10.4 Å². The normalized spacial score (nSPS) is 11.0. The van der Waals surface area contributed by atoms with Gasteiger partial charge in [-0.2, -0.15) is 0 Å². The largest absolute Gasteiger partial charge is 0.383 e. The molecule has 0 aliphatic rings. The van der Waals surface area contributed by atoms with Crippen LogP contribution < -0.4 is 5.73 Å². The minimum absolute atomic E-state index is 0.556. The number of nitrogens with two attached hydrogens (primary N) is 1. The van der Waals surface area contributed by atoms with Crippen LogP contribution in [0.4, 0.5) is 5.82 Å². The van der Waals surface area contributed by atoms with Crippen LogP contribution in [0.5, 0.6) is 0 Å². The SMILES string of the molecule is Cc1ccsc1-c1nc(N)c2c(C)cccc2n1. The zero-order chi connectivity index (χ0) is 12.7. The molecule has 3 nitrogen and oxygen atoms in total. The molecular formula is C14H13N3S. The van der Waals surface area contributed by atoms with Crippen molar-refractivity contribution in [3.8, 4) is 10.7 Å². The van der Waals surface area contributed by atoms with Gasteiger partial charge in [0.15, 0.2) is 5.82 Å². The van der Waals surface area contributed by atoms with Crippen LogP contribution in [0.3, 0.4) is 0 Å². The van der Waals surface area contributed by atoms with Crippen LogP contribution in [-0.4, -0.2) is 9.97 Å². The zero-order valence-electron chi connectivity index (χ0n) is 10.3. The molecular weight excluding hydrogens is 242 g/mol. The summed E-state index contributed by atoms with van der Waals surface area (Å²) >= 11 is 1.64. The van der Waals surface area contributed by atoms with Gasteiger partial charge in [0, 0.05) is 5.39 Å². The van der Waals surface area contributed by atoms with Gasteiger partial charge in [0.25, 0.3) is 0 Å². The molecule has 0 unspecified atom stereocenters. The van der Waals surface area contributed by atoms with E-state index in [2.05, 4.69) is 23.0 Å². The molecule has 1 aromatic carbocycles. The lowest BCUT2D eigenvalue weighted by Crippen LogP contribution is -1.98. The number of rotatable bonds is 1. The molecule has 0 amide bonds. The van der Waals surface area contributed by atoms with Gasteiger partial charge < -0.3 is 5.73 Å². The Kier molecular flexibility index (Phi) is 2.52. The van der Waals surface area contributed by atoms with Crippen molar-refractivity contribution in [2.24, 2.45) is 0 Å². The fraction of sp³-hybridized carbons (Fsp3) is 0.143. The maximum atomic E-state index is 6.07. The molecule has 3 aromatic rings. The highest BCUT2D eigenvalue weighted by Gasteiger charge is 2.11. The Morgan fingerprint density at radius 2 is 1.89 bits per heavy atom. The first kappa shape index (κ1) is 11.2. The average Bonchev–Trinajstić information content (AvgIpc) is 2.75. The van der Waals surface area contributed by atoms with Crippen molar-refractivity contribution in [3.63, 3.8) is 0 Å². The van der Waals surface area contributed by atoms with E-state index >= 15 is 0 Å². The van der Waals surface area contributed by atoms with Crippen LogP contribution in [0.25, 0.3) is 21.6 Å². The predicted octanol–water partition coefficient (Wildman–Crippen LogP) is 3.56. The van der Waals surface area contributed by atoms with Crippen molar-refractivity contribution in [3.05, 3.63) is 40.8 Å². The van der Waals surface area contributed by atoms with Gasteiger partial charge in [-0.1, -0.05) is 12.1 Å². The summed E-state index contributed by atoms with van der Waals surface area (Å²) < 4.78 is 0. The number of nitrogens with zero attached hydrogens (tertiary/aromatic N) is 2. The van der Waals surface area contributed by atoms with Crippen molar-refractivity contribution in [1.29, 1.82) is 0 Å². The molecule has 0 spiro atoms. The highest BCUT2D eigenvalue weighted by Crippen LogP contribution is 2.30. The van der Waals surface area contributed by atoms with Crippen molar-refractivity contribution in [1.82, 2.24) is 9.97 Å². The van der Waals surface area contributed by atoms with Gasteiger partial charge in [-0.25, -0.2) is 9.97 Å². The maximum absolute atomic E-state index is 6.07. The standard InChI is InChI=1S/C14H13N3S/c1-8-4-3-5-10-11(8)13(15)17-14(16-10)12-9(2)6-7-18-12/h3-7H,1-2H3,(H2,15,16,17). The molecule has 2 heterocycles. The number of aromatic nitrogens is 2. The average molecular weight is 255 g/mol. The second-order valence-electron chi connectivity index (χ2n) is 4.33. The van der Waals surface area contributed by atoms with Crippen LogP contribution in [0.2, 0.25) is 0 Å². The van der Waals surface area contributed by atoms with Gasteiger partial charge in [-0.15, -0.1) is 11.3 Å². The van der Waals surface area contributed by atoms with Gasteiger partial charge >= 0.3 is 0 Å². The summed E-state index contributed by atoms with van der Waals surface area (Å²) in [6.07, 6.45) is 0. The van der Waals surface area contributed by atoms with Crippen molar-refractivity contribution in [2.75, 3.05) is 5.73 Å². The molecule has 90 valence electrons. The van der Waals surface area contributed by atoms with Crippen LogP contribution >= 0.6 is 11.3 Å². The van der Waals surface area contributed by atoms with E-state index in [-0.39, 0.29) is 0 Å². The first-order valence-electron chi connectivity index (χ1n) is 5.74. The molecule has 0 atom stereocenters. The Hall–Kier alpha value is -1.94. The summed E-state index contributed by atoms with van der Waals surface area (Å²) in [5, 5.41) is 3.00. The molecule has 4 heteroatoms. The number of hydrogen-bond donors (Lipinski definition) is 1. The highest BCUT2D eigenvalue weighted by molar-refractivity contribution is 7.13. The first-order chi connectivity index (χ1) is 8.66. The summed E-state index contributed by atoms with van der Waals surface area (Å²) in [5.41, 5.74) is 9.27. The van der Waals surface area contributed by atoms with Gasteiger partial charge in [-0.3, -0.25) is 0 Å². The number of aryl methyl sites for hydroxylation is 2. The van der Waals surface area contributed by atoms with E-state index < -0.39 is 0 Å². The van der Waals surface area contributed by atoms with E-state index in [4.69, 9.17) is 5.73 Å². The van der Waals surface area contributed by atoms with Crippen LogP contribution in [0.1, 0.15) is 11.1 Å². The molecule has 2 N–H and O–H groups in total. The predicted molar refractivity (Wildman–Crippen MR) is 76.7 cm³/mol. The second-order valence-corrected chi connectivity index (χ2v) is 5.25. The third-order valence-electron chi connectivity index (χ3n) is 3.02. The Morgan fingerprint density at radius 3 is 2.61 bits per heavy atom. The van der Waals surface area contributed by atoms with Gasteiger partial charge in [-0.05, 0) is 42.5 Å². The summed E-state index contributed by atoms with van der Waals surface area (Å²) in [6, 6.07) is 8.07. The molecule has 0 saturated carbocycles. The number of benzene rings is 1. The summed E-state index contributed by atoms with van der Waals surface area (Å²) in [4.78, 5) is 10.2. The van der Waals surface area contributed by atoms with Crippen molar-refractivity contribution >= 4 is 28.1 Å². The molecule has 0 bridgehead atoms. The summed E-state index contributed by atoms with van der Waals surface area (Å²) in [6.45, 7) is 4.09. The lowest BCUT2D eigenvalue weighted by molar-refractivity contribution is 1.23. The summed E-state index contributed by atoms with van der Waals surface area (Å²) in [5.74, 6) is 1.28. The third-order valence-corrected chi connectivity index (χ3v) is 4.04. The minimum Gasteiger partial charge on any atom is -0.383 e. The molecule has 2 aromatic heterocycles. The Balaban J connectivity index is 2.32.